The van der Waals surface area contributed by atoms with Gasteiger partial charge in [-0.05, 0) is 43.3 Å². The molecule has 0 unspecified atom stereocenters. The zero-order chi connectivity index (χ0) is 20.5. The van der Waals surface area contributed by atoms with Gasteiger partial charge in [0.1, 0.15) is 4.83 Å². The maximum absolute atomic E-state index is 12.4. The normalized spacial score (nSPS) is 11.1. The molecule has 3 aromatic heterocycles. The Balaban J connectivity index is 1.44. The fourth-order valence-electron chi connectivity index (χ4n) is 3.49. The number of carbonyl (C=O) groups excluding carboxylic acids is 1. The summed E-state index contributed by atoms with van der Waals surface area (Å²) in [4.78, 5) is 34.3. The molecule has 0 aliphatic rings. The van der Waals surface area contributed by atoms with E-state index in [0.29, 0.717) is 15.3 Å². The van der Waals surface area contributed by atoms with Crippen molar-refractivity contribution < 1.29 is 4.79 Å². The number of thiophene rings is 1. The highest BCUT2D eigenvalue weighted by Crippen LogP contribution is 2.31. The number of fused-ring (bicyclic) bond motifs is 1. The average molecular weight is 425 g/mol. The van der Waals surface area contributed by atoms with Gasteiger partial charge in [0.25, 0.3) is 5.56 Å². The number of nitrogens with zero attached hydrogens (tertiary/aromatic N) is 3. The fourth-order valence-corrected chi connectivity index (χ4v) is 4.93. The van der Waals surface area contributed by atoms with Crippen molar-refractivity contribution in [3.8, 4) is 11.3 Å². The van der Waals surface area contributed by atoms with Gasteiger partial charge < -0.3 is 5.32 Å². The summed E-state index contributed by atoms with van der Waals surface area (Å²) >= 11 is 2.83. The summed E-state index contributed by atoms with van der Waals surface area (Å²) in [5, 5.41) is 7.79. The summed E-state index contributed by atoms with van der Waals surface area (Å²) in [7, 11) is 0. The first-order valence-electron chi connectivity index (χ1n) is 9.18. The molecule has 6 nitrogen and oxygen atoms in total. The third-order valence-corrected chi connectivity index (χ3v) is 6.29. The van der Waals surface area contributed by atoms with Crippen LogP contribution in [0.5, 0.6) is 0 Å². The number of carbonyl (C=O) groups is 1. The molecule has 0 fully saturated rings. The molecule has 0 atom stereocenters. The first-order chi connectivity index (χ1) is 13.9. The zero-order valence-electron chi connectivity index (χ0n) is 16.4. The summed E-state index contributed by atoms with van der Waals surface area (Å²) in [6.07, 6.45) is 1.67. The van der Waals surface area contributed by atoms with Crippen molar-refractivity contribution in [2.75, 3.05) is 5.32 Å². The number of nitrogens with one attached hydrogen (secondary N) is 1. The van der Waals surface area contributed by atoms with Gasteiger partial charge in [-0.3, -0.25) is 14.2 Å². The van der Waals surface area contributed by atoms with E-state index in [2.05, 4.69) is 48.2 Å². The Morgan fingerprint density at radius 3 is 2.69 bits per heavy atom. The third-order valence-electron chi connectivity index (χ3n) is 4.71. The topological polar surface area (TPSA) is 76.9 Å². The molecular weight excluding hydrogens is 404 g/mol. The van der Waals surface area contributed by atoms with E-state index in [4.69, 9.17) is 0 Å². The molecule has 0 aliphatic carbocycles. The molecule has 0 bridgehead atoms. The third kappa shape index (κ3) is 3.99. The molecule has 4 aromatic rings. The number of aromatic nitrogens is 3. The summed E-state index contributed by atoms with van der Waals surface area (Å²) in [5.74, 6) is -0.180. The van der Waals surface area contributed by atoms with Crippen LogP contribution in [0.2, 0.25) is 0 Å². The molecule has 29 heavy (non-hydrogen) atoms. The lowest BCUT2D eigenvalue weighted by Gasteiger charge is -2.09. The molecule has 0 saturated heterocycles. The van der Waals surface area contributed by atoms with E-state index in [9.17, 15) is 9.59 Å². The van der Waals surface area contributed by atoms with Crippen molar-refractivity contribution in [2.24, 2.45) is 0 Å². The van der Waals surface area contributed by atoms with Crippen LogP contribution in [-0.4, -0.2) is 20.4 Å². The number of aryl methyl sites for hydroxylation is 4. The Hall–Kier alpha value is -2.84. The van der Waals surface area contributed by atoms with E-state index >= 15 is 0 Å². The zero-order valence-corrected chi connectivity index (χ0v) is 18.0. The quantitative estimate of drug-likeness (QED) is 0.510. The molecule has 8 heteroatoms. The number of benzene rings is 1. The van der Waals surface area contributed by atoms with Crippen molar-refractivity contribution in [3.05, 3.63) is 62.3 Å². The second-order valence-corrected chi connectivity index (χ2v) is 8.75. The first-order valence-corrected chi connectivity index (χ1v) is 10.9. The molecule has 1 aromatic carbocycles. The van der Waals surface area contributed by atoms with Crippen LogP contribution in [0, 0.1) is 20.8 Å². The van der Waals surface area contributed by atoms with Crippen LogP contribution in [0.25, 0.3) is 21.5 Å². The number of rotatable bonds is 5. The highest BCUT2D eigenvalue weighted by molar-refractivity contribution is 7.16. The summed E-state index contributed by atoms with van der Waals surface area (Å²) < 4.78 is 1.47. The predicted octanol–water partition coefficient (Wildman–Crippen LogP) is 4.54. The minimum absolute atomic E-state index is 0.120. The SMILES string of the molecule is Cc1cc(C)c(-c2csc(NC(=O)CCn3cnc4sccc4c3=O)n2)c(C)c1. The van der Waals surface area contributed by atoms with Crippen molar-refractivity contribution in [1.29, 1.82) is 0 Å². The van der Waals surface area contributed by atoms with Crippen LogP contribution in [-0.2, 0) is 11.3 Å². The van der Waals surface area contributed by atoms with Gasteiger partial charge >= 0.3 is 0 Å². The molecule has 1 amide bonds. The molecular formula is C21H20N4O2S2. The van der Waals surface area contributed by atoms with Crippen LogP contribution in [0.15, 0.2) is 40.1 Å². The number of hydrogen-bond donors (Lipinski definition) is 1. The second kappa shape index (κ2) is 7.88. The Morgan fingerprint density at radius 1 is 1.17 bits per heavy atom. The molecule has 0 aliphatic heterocycles. The van der Waals surface area contributed by atoms with Gasteiger partial charge in [-0.1, -0.05) is 17.7 Å². The van der Waals surface area contributed by atoms with E-state index in [0.717, 1.165) is 11.3 Å². The van der Waals surface area contributed by atoms with Crippen LogP contribution >= 0.6 is 22.7 Å². The molecule has 0 saturated carbocycles. The van der Waals surface area contributed by atoms with Crippen LogP contribution in [0.3, 0.4) is 0 Å². The smallest absolute Gasteiger partial charge is 0.262 e. The van der Waals surface area contributed by atoms with Crippen LogP contribution in [0.1, 0.15) is 23.1 Å². The fraction of sp³-hybridized carbons (Fsp3) is 0.238. The van der Waals surface area contributed by atoms with Gasteiger partial charge in [-0.25, -0.2) is 9.97 Å². The van der Waals surface area contributed by atoms with Gasteiger partial charge in [0.05, 0.1) is 17.4 Å². The first kappa shape index (κ1) is 19.5. The van der Waals surface area contributed by atoms with Crippen molar-refractivity contribution >= 4 is 43.9 Å². The molecule has 4 rings (SSSR count). The number of anilines is 1. The summed E-state index contributed by atoms with van der Waals surface area (Å²) in [6.45, 7) is 6.50. The summed E-state index contributed by atoms with van der Waals surface area (Å²) in [5.41, 5.74) is 5.41. The van der Waals surface area contributed by atoms with Gasteiger partial charge in [0, 0.05) is 23.9 Å². The molecule has 3 heterocycles. The standard InChI is InChI=1S/C21H20N4O2S2/c1-12-8-13(2)18(14(3)9-12)16-10-29-21(23-16)24-17(26)4-6-25-11-22-19-15(20(25)27)5-7-28-19/h5,7-11H,4,6H2,1-3H3,(H,23,24,26). The van der Waals surface area contributed by atoms with Crippen LogP contribution in [0.4, 0.5) is 5.13 Å². The Morgan fingerprint density at radius 2 is 1.93 bits per heavy atom. The highest BCUT2D eigenvalue weighted by Gasteiger charge is 2.13. The summed E-state index contributed by atoms with van der Waals surface area (Å²) in [6, 6.07) is 6.03. The van der Waals surface area contributed by atoms with E-state index in [1.54, 1.807) is 6.07 Å². The van der Waals surface area contributed by atoms with Crippen molar-refractivity contribution in [1.82, 2.24) is 14.5 Å². The van der Waals surface area contributed by atoms with E-state index in [1.165, 1.54) is 50.3 Å². The van der Waals surface area contributed by atoms with E-state index < -0.39 is 0 Å². The molecule has 148 valence electrons. The van der Waals surface area contributed by atoms with Crippen LogP contribution < -0.4 is 10.9 Å². The van der Waals surface area contributed by atoms with Crippen molar-refractivity contribution in [2.45, 2.75) is 33.7 Å². The molecule has 0 spiro atoms. The second-order valence-electron chi connectivity index (χ2n) is 6.99. The number of amides is 1. The average Bonchev–Trinajstić information content (AvgIpc) is 3.30. The van der Waals surface area contributed by atoms with Gasteiger partial charge in [-0.2, -0.15) is 0 Å². The Kier molecular flexibility index (Phi) is 5.29. The minimum Gasteiger partial charge on any atom is -0.302 e. The monoisotopic (exact) mass is 424 g/mol. The maximum atomic E-state index is 12.4. The lowest BCUT2D eigenvalue weighted by molar-refractivity contribution is -0.116. The molecule has 0 radical (unpaired) electrons. The Bertz CT molecular complexity index is 1250. The van der Waals surface area contributed by atoms with E-state index in [-0.39, 0.29) is 24.4 Å². The van der Waals surface area contributed by atoms with Gasteiger partial charge in [0.2, 0.25) is 5.91 Å². The lowest BCUT2D eigenvalue weighted by atomic mass is 9.98. The highest BCUT2D eigenvalue weighted by atomic mass is 32.1. The molecule has 1 N–H and O–H groups in total. The maximum Gasteiger partial charge on any atom is 0.262 e. The van der Waals surface area contributed by atoms with E-state index in [1.807, 2.05) is 10.8 Å². The number of thiazole rings is 1. The minimum atomic E-state index is -0.180. The van der Waals surface area contributed by atoms with Gasteiger partial charge in [0.15, 0.2) is 5.13 Å². The largest absolute Gasteiger partial charge is 0.302 e. The lowest BCUT2D eigenvalue weighted by Crippen LogP contribution is -2.23. The number of hydrogen-bond acceptors (Lipinski definition) is 6. The van der Waals surface area contributed by atoms with Gasteiger partial charge in [-0.15, -0.1) is 22.7 Å². The Labute approximate surface area is 175 Å². The predicted molar refractivity (Wildman–Crippen MR) is 119 cm³/mol. The van der Waals surface area contributed by atoms with Crippen molar-refractivity contribution in [3.63, 3.8) is 0 Å².